The summed E-state index contributed by atoms with van der Waals surface area (Å²) in [4.78, 5) is 31.8. The molecule has 5 rings (SSSR count). The second-order valence-electron chi connectivity index (χ2n) is 7.74. The monoisotopic (exact) mass is 463 g/mol. The summed E-state index contributed by atoms with van der Waals surface area (Å²) in [5, 5.41) is -0.287. The van der Waals surface area contributed by atoms with E-state index in [4.69, 9.17) is 4.74 Å². The lowest BCUT2D eigenvalue weighted by molar-refractivity contribution is 0.0333. The molecule has 1 aliphatic rings. The molecule has 2 N–H and O–H groups in total. The Kier molecular flexibility index (Phi) is 4.74. The van der Waals surface area contributed by atoms with Crippen molar-refractivity contribution in [1.29, 1.82) is 0 Å². The Labute approximate surface area is 181 Å². The number of H-pyrrole nitrogens is 2. The van der Waals surface area contributed by atoms with E-state index in [0.717, 1.165) is 24.3 Å². The maximum atomic E-state index is 14.1. The Hall–Kier alpha value is -3.73. The summed E-state index contributed by atoms with van der Waals surface area (Å²) in [7, 11) is 1.39. The van der Waals surface area contributed by atoms with Gasteiger partial charge in [0.2, 0.25) is 0 Å². The van der Waals surface area contributed by atoms with Crippen molar-refractivity contribution >= 4 is 27.6 Å². The average Bonchev–Trinajstić information content (AvgIpc) is 3.21. The number of aromatic nitrogens is 2. The fourth-order valence-corrected chi connectivity index (χ4v) is 4.17. The molecule has 1 aliphatic heterocycles. The minimum absolute atomic E-state index is 0.0197. The van der Waals surface area contributed by atoms with Gasteiger partial charge < -0.3 is 19.6 Å². The lowest BCUT2D eigenvalue weighted by Gasteiger charge is -2.33. The number of fused-ring (bicyclic) bond motifs is 4. The van der Waals surface area contributed by atoms with Gasteiger partial charge in [0.1, 0.15) is 5.69 Å². The van der Waals surface area contributed by atoms with E-state index in [2.05, 4.69) is 9.97 Å². The van der Waals surface area contributed by atoms with Gasteiger partial charge in [0.15, 0.2) is 29.1 Å². The van der Waals surface area contributed by atoms with Crippen molar-refractivity contribution in [3.8, 4) is 0 Å². The molecule has 4 aromatic rings. The number of nitrogens with zero attached hydrogens (tertiary/aromatic N) is 1. The minimum atomic E-state index is -1.66. The number of nitrogens with one attached hydrogen (secondary N) is 2. The number of aromatic amines is 2. The number of halogens is 5. The smallest absolute Gasteiger partial charge is 0.270 e. The van der Waals surface area contributed by atoms with Crippen LogP contribution < -0.4 is 5.56 Å². The van der Waals surface area contributed by atoms with Gasteiger partial charge in [-0.1, -0.05) is 0 Å². The van der Waals surface area contributed by atoms with E-state index in [0.29, 0.717) is 11.3 Å². The quantitative estimate of drug-likeness (QED) is 0.348. The molecule has 11 heteroatoms. The van der Waals surface area contributed by atoms with E-state index < -0.39 is 46.6 Å². The van der Waals surface area contributed by atoms with Crippen LogP contribution in [-0.4, -0.2) is 34.4 Å². The van der Waals surface area contributed by atoms with Crippen LogP contribution in [0.5, 0.6) is 0 Å². The normalized spacial score (nSPS) is 15.8. The molecule has 6 nitrogen and oxygen atoms in total. The molecule has 3 heterocycles. The predicted molar refractivity (Wildman–Crippen MR) is 107 cm³/mol. The van der Waals surface area contributed by atoms with Crippen molar-refractivity contribution in [3.63, 3.8) is 0 Å². The zero-order valence-corrected chi connectivity index (χ0v) is 16.9. The van der Waals surface area contributed by atoms with Crippen LogP contribution in [0.15, 0.2) is 29.1 Å². The van der Waals surface area contributed by atoms with Crippen LogP contribution in [0.25, 0.3) is 21.7 Å². The Morgan fingerprint density at radius 1 is 0.939 bits per heavy atom. The molecule has 0 aliphatic carbocycles. The van der Waals surface area contributed by atoms with Gasteiger partial charge in [0, 0.05) is 29.8 Å². The molecule has 1 amide bonds. The third kappa shape index (κ3) is 3.18. The number of amides is 1. The second-order valence-corrected chi connectivity index (χ2v) is 7.74. The molecular formula is C22H14F5N3O3. The molecule has 0 spiro atoms. The lowest BCUT2D eigenvalue weighted by Crippen LogP contribution is -2.37. The lowest BCUT2D eigenvalue weighted by atomic mass is 9.95. The maximum absolute atomic E-state index is 14.1. The molecule has 0 saturated carbocycles. The highest BCUT2D eigenvalue weighted by Gasteiger charge is 2.32. The third-order valence-electron chi connectivity index (χ3n) is 5.82. The van der Waals surface area contributed by atoms with Crippen LogP contribution in [0, 0.1) is 29.1 Å². The number of pyridine rings is 1. The largest absolute Gasteiger partial charge is 0.373 e. The number of likely N-dealkylation sites (N-methyl/N-ethyl adjacent to an activating group) is 1. The molecule has 2 aromatic carbocycles. The Balaban J connectivity index is 1.62. The van der Waals surface area contributed by atoms with Crippen molar-refractivity contribution in [2.45, 2.75) is 12.6 Å². The van der Waals surface area contributed by atoms with Crippen LogP contribution in [0.3, 0.4) is 0 Å². The van der Waals surface area contributed by atoms with Crippen LogP contribution in [0.1, 0.15) is 27.8 Å². The molecule has 2 aromatic heterocycles. The van der Waals surface area contributed by atoms with Gasteiger partial charge in [0.25, 0.3) is 11.5 Å². The highest BCUT2D eigenvalue weighted by Crippen LogP contribution is 2.34. The highest BCUT2D eigenvalue weighted by atomic mass is 19.2. The summed E-state index contributed by atoms with van der Waals surface area (Å²) in [5.74, 6) is -7.54. The predicted octanol–water partition coefficient (Wildman–Crippen LogP) is 4.05. The highest BCUT2D eigenvalue weighted by molar-refractivity contribution is 5.98. The van der Waals surface area contributed by atoms with Gasteiger partial charge in [-0.15, -0.1) is 0 Å². The summed E-state index contributed by atoms with van der Waals surface area (Å²) >= 11 is 0. The van der Waals surface area contributed by atoms with E-state index in [-0.39, 0.29) is 40.6 Å². The molecule has 33 heavy (non-hydrogen) atoms. The average molecular weight is 463 g/mol. The molecule has 0 unspecified atom stereocenters. The van der Waals surface area contributed by atoms with E-state index >= 15 is 0 Å². The molecule has 0 radical (unpaired) electrons. The van der Waals surface area contributed by atoms with Crippen molar-refractivity contribution in [2.24, 2.45) is 0 Å². The standard InChI is InChI=1S/C22H14F5N3O3/c1-30(22(32)15-4-10-14(28-15)5-13(25)20(27)19(10)26)17-7-33-6-16-18(17)8-2-11(23)12(24)3-9(8)21(31)29-16/h2-5,17,28H,6-7H2,1H3,(H,29,31)/t17-/m1/s1. The fraction of sp³-hybridized carbons (Fsp3) is 0.182. The van der Waals surface area contributed by atoms with Crippen LogP contribution in [0.4, 0.5) is 22.0 Å². The number of ether oxygens (including phenoxy) is 1. The van der Waals surface area contributed by atoms with E-state index in [1.165, 1.54) is 11.9 Å². The van der Waals surface area contributed by atoms with Crippen LogP contribution in [-0.2, 0) is 11.3 Å². The molecule has 0 bridgehead atoms. The Morgan fingerprint density at radius 2 is 1.64 bits per heavy atom. The number of rotatable bonds is 2. The summed E-state index contributed by atoms with van der Waals surface area (Å²) in [6, 6.07) is 2.62. The van der Waals surface area contributed by atoms with Gasteiger partial charge in [-0.3, -0.25) is 9.59 Å². The first kappa shape index (κ1) is 21.1. The summed E-state index contributed by atoms with van der Waals surface area (Å²) in [6.07, 6.45) is 0. The topological polar surface area (TPSA) is 78.2 Å². The third-order valence-corrected chi connectivity index (χ3v) is 5.82. The van der Waals surface area contributed by atoms with Gasteiger partial charge >= 0.3 is 0 Å². The van der Waals surface area contributed by atoms with Crippen molar-refractivity contribution in [2.75, 3.05) is 13.7 Å². The first-order valence-electron chi connectivity index (χ1n) is 9.72. The van der Waals surface area contributed by atoms with Gasteiger partial charge in [-0.25, -0.2) is 22.0 Å². The molecule has 1 atom stereocenters. The van der Waals surface area contributed by atoms with Crippen LogP contribution >= 0.6 is 0 Å². The fourth-order valence-electron chi connectivity index (χ4n) is 4.17. The zero-order valence-electron chi connectivity index (χ0n) is 16.9. The first-order chi connectivity index (χ1) is 15.7. The number of carbonyl (C=O) groups is 1. The van der Waals surface area contributed by atoms with Gasteiger partial charge in [0.05, 0.1) is 30.2 Å². The zero-order chi connectivity index (χ0) is 23.6. The number of benzene rings is 2. The second kappa shape index (κ2) is 7.41. The number of carbonyl (C=O) groups excluding carboxylic acids is 1. The number of hydrogen-bond donors (Lipinski definition) is 2. The molecule has 0 saturated heterocycles. The molecule has 0 fully saturated rings. The van der Waals surface area contributed by atoms with Gasteiger partial charge in [-0.2, -0.15) is 0 Å². The minimum Gasteiger partial charge on any atom is -0.373 e. The van der Waals surface area contributed by atoms with Gasteiger partial charge in [-0.05, 0) is 23.6 Å². The van der Waals surface area contributed by atoms with Crippen molar-refractivity contribution < 1.29 is 31.5 Å². The van der Waals surface area contributed by atoms with E-state index in [1.807, 2.05) is 0 Å². The SMILES string of the molecule is CN(C(=O)c1cc2c(F)c(F)c(F)cc2[nH]1)[C@@H]1COCc2[nH]c(=O)c3cc(F)c(F)cc3c21. The number of hydrogen-bond acceptors (Lipinski definition) is 3. The van der Waals surface area contributed by atoms with E-state index in [9.17, 15) is 31.5 Å². The Morgan fingerprint density at radius 3 is 2.36 bits per heavy atom. The summed E-state index contributed by atoms with van der Waals surface area (Å²) in [5.41, 5.74) is -0.257. The maximum Gasteiger partial charge on any atom is 0.270 e. The Bertz CT molecular complexity index is 1530. The molecular weight excluding hydrogens is 449 g/mol. The first-order valence-corrected chi connectivity index (χ1v) is 9.72. The van der Waals surface area contributed by atoms with E-state index in [1.54, 1.807) is 0 Å². The van der Waals surface area contributed by atoms with Crippen molar-refractivity contribution in [1.82, 2.24) is 14.9 Å². The summed E-state index contributed by atoms with van der Waals surface area (Å²) < 4.78 is 74.5. The van der Waals surface area contributed by atoms with Crippen molar-refractivity contribution in [3.05, 3.63) is 80.7 Å². The summed E-state index contributed by atoms with van der Waals surface area (Å²) in [6.45, 7) is -0.0541. The molecule has 170 valence electrons. The van der Waals surface area contributed by atoms with Crippen LogP contribution in [0.2, 0.25) is 0 Å².